The average molecular weight is 228 g/mol. The first-order valence-electron chi connectivity index (χ1n) is 4.69. The predicted molar refractivity (Wildman–Crippen MR) is 60.3 cm³/mol. The molecule has 15 heavy (non-hydrogen) atoms. The number of carbonyl (C=O) groups excluding carboxylic acids is 1. The maximum absolute atomic E-state index is 10.9. The first-order valence-corrected chi connectivity index (χ1v) is 5.07. The molecule has 0 aliphatic carbocycles. The van der Waals surface area contributed by atoms with E-state index >= 15 is 0 Å². The van der Waals surface area contributed by atoms with Crippen molar-refractivity contribution in [2.45, 2.75) is 6.92 Å². The van der Waals surface area contributed by atoms with E-state index in [0.717, 1.165) is 5.75 Å². The van der Waals surface area contributed by atoms with E-state index < -0.39 is 0 Å². The number of benzene rings is 1. The molecule has 4 heteroatoms. The van der Waals surface area contributed by atoms with Gasteiger partial charge >= 0.3 is 0 Å². The van der Waals surface area contributed by atoms with Crippen LogP contribution in [0, 0.1) is 0 Å². The Balaban J connectivity index is 2.35. The molecule has 0 saturated carbocycles. The van der Waals surface area contributed by atoms with Crippen molar-refractivity contribution in [1.82, 2.24) is 4.90 Å². The molecular formula is C11H14ClNO2. The number of rotatable bonds is 4. The summed E-state index contributed by atoms with van der Waals surface area (Å²) in [5.41, 5.74) is 0. The lowest BCUT2D eigenvalue weighted by molar-refractivity contribution is -0.127. The maximum atomic E-state index is 10.9. The lowest BCUT2D eigenvalue weighted by Crippen LogP contribution is -2.28. The van der Waals surface area contributed by atoms with E-state index in [1.54, 1.807) is 24.1 Å². The van der Waals surface area contributed by atoms with Gasteiger partial charge in [0, 0.05) is 19.0 Å². The quantitative estimate of drug-likeness (QED) is 0.789. The topological polar surface area (TPSA) is 29.5 Å². The molecule has 1 rings (SSSR count). The van der Waals surface area contributed by atoms with Crippen molar-refractivity contribution < 1.29 is 9.53 Å². The summed E-state index contributed by atoms with van der Waals surface area (Å²) in [7, 11) is 1.74. The molecule has 0 fully saturated rings. The van der Waals surface area contributed by atoms with Gasteiger partial charge in [-0.3, -0.25) is 4.79 Å². The number of hydrogen-bond donors (Lipinski definition) is 0. The molecule has 1 aromatic carbocycles. The number of hydrogen-bond acceptors (Lipinski definition) is 2. The van der Waals surface area contributed by atoms with Gasteiger partial charge in [-0.05, 0) is 18.2 Å². The Kier molecular flexibility index (Phi) is 4.43. The van der Waals surface area contributed by atoms with Crippen molar-refractivity contribution in [2.24, 2.45) is 0 Å². The Hall–Kier alpha value is -1.22. The lowest BCUT2D eigenvalue weighted by atomic mass is 10.3. The van der Waals surface area contributed by atoms with Gasteiger partial charge < -0.3 is 9.64 Å². The monoisotopic (exact) mass is 227 g/mol. The Labute approximate surface area is 94.6 Å². The maximum Gasteiger partial charge on any atom is 0.219 e. The van der Waals surface area contributed by atoms with E-state index in [1.165, 1.54) is 6.92 Å². The minimum Gasteiger partial charge on any atom is -0.492 e. The number of halogens is 1. The fourth-order valence-electron chi connectivity index (χ4n) is 1.01. The van der Waals surface area contributed by atoms with Gasteiger partial charge in [-0.1, -0.05) is 17.7 Å². The standard InChI is InChI=1S/C11H14ClNO2/c1-9(14)13(2)6-7-15-11-5-3-4-10(12)8-11/h3-5,8H,6-7H2,1-2H3. The van der Waals surface area contributed by atoms with Crippen molar-refractivity contribution in [3.05, 3.63) is 29.3 Å². The van der Waals surface area contributed by atoms with Crippen LogP contribution in [0.1, 0.15) is 6.92 Å². The molecule has 0 radical (unpaired) electrons. The molecule has 0 aliphatic heterocycles. The highest BCUT2D eigenvalue weighted by atomic mass is 35.5. The summed E-state index contributed by atoms with van der Waals surface area (Å²) in [5.74, 6) is 0.754. The summed E-state index contributed by atoms with van der Waals surface area (Å²) < 4.78 is 5.43. The first-order chi connectivity index (χ1) is 7.09. The molecule has 0 bridgehead atoms. The van der Waals surface area contributed by atoms with Crippen LogP contribution in [-0.4, -0.2) is 31.0 Å². The smallest absolute Gasteiger partial charge is 0.219 e. The van der Waals surface area contributed by atoms with E-state index in [9.17, 15) is 4.79 Å². The molecule has 0 aliphatic rings. The van der Waals surface area contributed by atoms with Crippen molar-refractivity contribution in [3.8, 4) is 5.75 Å². The number of ether oxygens (including phenoxy) is 1. The summed E-state index contributed by atoms with van der Waals surface area (Å²) in [5, 5.41) is 0.646. The normalized spacial score (nSPS) is 9.80. The van der Waals surface area contributed by atoms with E-state index in [2.05, 4.69) is 0 Å². The SMILES string of the molecule is CC(=O)N(C)CCOc1cccc(Cl)c1. The van der Waals surface area contributed by atoms with Crippen LogP contribution in [-0.2, 0) is 4.79 Å². The molecule has 0 unspecified atom stereocenters. The highest BCUT2D eigenvalue weighted by Gasteiger charge is 2.01. The van der Waals surface area contributed by atoms with Crippen molar-refractivity contribution >= 4 is 17.5 Å². The highest BCUT2D eigenvalue weighted by Crippen LogP contribution is 2.16. The highest BCUT2D eigenvalue weighted by molar-refractivity contribution is 6.30. The minimum atomic E-state index is 0.0321. The van der Waals surface area contributed by atoms with Crippen LogP contribution in [0.25, 0.3) is 0 Å². The van der Waals surface area contributed by atoms with E-state index in [-0.39, 0.29) is 5.91 Å². The van der Waals surface area contributed by atoms with Crippen LogP contribution < -0.4 is 4.74 Å². The predicted octanol–water partition coefficient (Wildman–Crippen LogP) is 2.20. The van der Waals surface area contributed by atoms with Gasteiger partial charge in [0.15, 0.2) is 0 Å². The van der Waals surface area contributed by atoms with Gasteiger partial charge in [-0.2, -0.15) is 0 Å². The summed E-state index contributed by atoms with van der Waals surface area (Å²) in [6, 6.07) is 7.19. The van der Waals surface area contributed by atoms with Gasteiger partial charge in [0.2, 0.25) is 5.91 Å². The molecule has 0 N–H and O–H groups in total. The second-order valence-corrected chi connectivity index (χ2v) is 3.68. The van der Waals surface area contributed by atoms with Gasteiger partial charge in [-0.25, -0.2) is 0 Å². The van der Waals surface area contributed by atoms with Crippen LogP contribution >= 0.6 is 11.6 Å². The fourth-order valence-corrected chi connectivity index (χ4v) is 1.19. The Morgan fingerprint density at radius 1 is 1.53 bits per heavy atom. The molecule has 0 spiro atoms. The van der Waals surface area contributed by atoms with Gasteiger partial charge in [-0.15, -0.1) is 0 Å². The largest absolute Gasteiger partial charge is 0.492 e. The molecule has 0 aromatic heterocycles. The van der Waals surface area contributed by atoms with Crippen LogP contribution in [0.15, 0.2) is 24.3 Å². The van der Waals surface area contributed by atoms with E-state index in [1.807, 2.05) is 12.1 Å². The van der Waals surface area contributed by atoms with Crippen LogP contribution in [0.2, 0.25) is 5.02 Å². The van der Waals surface area contributed by atoms with Crippen molar-refractivity contribution in [1.29, 1.82) is 0 Å². The summed E-state index contributed by atoms with van der Waals surface area (Å²) in [4.78, 5) is 12.5. The average Bonchev–Trinajstić information content (AvgIpc) is 2.17. The molecule has 0 atom stereocenters. The van der Waals surface area contributed by atoms with Crippen LogP contribution in [0.4, 0.5) is 0 Å². The Morgan fingerprint density at radius 2 is 2.27 bits per heavy atom. The molecular weight excluding hydrogens is 214 g/mol. The van der Waals surface area contributed by atoms with Gasteiger partial charge in [0.1, 0.15) is 12.4 Å². The molecule has 1 amide bonds. The first kappa shape index (κ1) is 11.9. The number of likely N-dealkylation sites (N-methyl/N-ethyl adjacent to an activating group) is 1. The minimum absolute atomic E-state index is 0.0321. The summed E-state index contributed by atoms with van der Waals surface area (Å²) >= 11 is 5.79. The van der Waals surface area contributed by atoms with E-state index in [4.69, 9.17) is 16.3 Å². The Morgan fingerprint density at radius 3 is 2.87 bits per heavy atom. The third-order valence-electron chi connectivity index (χ3n) is 2.03. The summed E-state index contributed by atoms with van der Waals surface area (Å²) in [6.07, 6.45) is 0. The third kappa shape index (κ3) is 4.21. The number of nitrogens with zero attached hydrogens (tertiary/aromatic N) is 1. The van der Waals surface area contributed by atoms with Crippen LogP contribution in [0.3, 0.4) is 0 Å². The van der Waals surface area contributed by atoms with Crippen molar-refractivity contribution in [2.75, 3.05) is 20.2 Å². The molecule has 0 heterocycles. The van der Waals surface area contributed by atoms with Gasteiger partial charge in [0.25, 0.3) is 0 Å². The molecule has 82 valence electrons. The van der Waals surface area contributed by atoms with Crippen molar-refractivity contribution in [3.63, 3.8) is 0 Å². The van der Waals surface area contributed by atoms with Crippen LogP contribution in [0.5, 0.6) is 5.75 Å². The zero-order valence-corrected chi connectivity index (χ0v) is 9.62. The summed E-state index contributed by atoms with van der Waals surface area (Å²) in [6.45, 7) is 2.57. The Bertz CT molecular complexity index is 341. The number of amides is 1. The molecule has 3 nitrogen and oxygen atoms in total. The lowest BCUT2D eigenvalue weighted by Gasteiger charge is -2.15. The number of carbonyl (C=O) groups is 1. The second kappa shape index (κ2) is 5.61. The third-order valence-corrected chi connectivity index (χ3v) is 2.26. The zero-order valence-electron chi connectivity index (χ0n) is 8.87. The second-order valence-electron chi connectivity index (χ2n) is 3.25. The fraction of sp³-hybridized carbons (Fsp3) is 0.364. The molecule has 0 saturated heterocycles. The van der Waals surface area contributed by atoms with Gasteiger partial charge in [0.05, 0.1) is 6.54 Å². The zero-order chi connectivity index (χ0) is 11.3. The van der Waals surface area contributed by atoms with E-state index in [0.29, 0.717) is 18.2 Å². The molecule has 1 aromatic rings.